The summed E-state index contributed by atoms with van der Waals surface area (Å²) in [4.78, 5) is 14.6. The van der Waals surface area contributed by atoms with Gasteiger partial charge >= 0.3 is 0 Å². The maximum absolute atomic E-state index is 12.6. The first kappa shape index (κ1) is 14.3. The van der Waals surface area contributed by atoms with Crippen LogP contribution < -0.4 is 5.73 Å². The Morgan fingerprint density at radius 3 is 2.76 bits per heavy atom. The molecule has 21 heavy (non-hydrogen) atoms. The molecule has 1 heterocycles. The smallest absolute Gasteiger partial charge is 0.223 e. The number of hydrogen-bond acceptors (Lipinski definition) is 2. The molecule has 1 aromatic carbocycles. The van der Waals surface area contributed by atoms with Gasteiger partial charge in [-0.15, -0.1) is 6.58 Å². The fraction of sp³-hybridized carbons (Fsp3) is 0.500. The number of carbonyl (C=O) groups is 1. The van der Waals surface area contributed by atoms with Crippen molar-refractivity contribution in [3.8, 4) is 0 Å². The van der Waals surface area contributed by atoms with Crippen LogP contribution in [0.1, 0.15) is 30.7 Å². The zero-order valence-corrected chi connectivity index (χ0v) is 12.4. The quantitative estimate of drug-likeness (QED) is 0.864. The Kier molecular flexibility index (Phi) is 4.11. The summed E-state index contributed by atoms with van der Waals surface area (Å²) >= 11 is 0. The van der Waals surface area contributed by atoms with E-state index in [9.17, 15) is 4.79 Å². The number of hydrogen-bond donors (Lipinski definition) is 1. The second-order valence-corrected chi connectivity index (χ2v) is 6.42. The molecular weight excluding hydrogens is 260 g/mol. The summed E-state index contributed by atoms with van der Waals surface area (Å²) in [6.45, 7) is 5.64. The second-order valence-electron chi connectivity index (χ2n) is 6.42. The van der Waals surface area contributed by atoms with E-state index in [1.807, 2.05) is 29.2 Å². The molecule has 2 N–H and O–H groups in total. The Bertz CT molecular complexity index is 513. The number of likely N-dealkylation sites (tertiary alicyclic amines) is 1. The van der Waals surface area contributed by atoms with Gasteiger partial charge in [0, 0.05) is 31.5 Å². The summed E-state index contributed by atoms with van der Waals surface area (Å²) in [6, 6.07) is 10.4. The van der Waals surface area contributed by atoms with Crippen molar-refractivity contribution in [1.29, 1.82) is 0 Å². The maximum Gasteiger partial charge on any atom is 0.223 e. The normalized spacial score (nSPS) is 29.2. The van der Waals surface area contributed by atoms with E-state index >= 15 is 0 Å². The number of benzene rings is 1. The fourth-order valence-electron chi connectivity index (χ4n) is 3.87. The van der Waals surface area contributed by atoms with E-state index in [4.69, 9.17) is 5.73 Å². The third-order valence-corrected chi connectivity index (χ3v) is 5.17. The summed E-state index contributed by atoms with van der Waals surface area (Å²) in [5, 5.41) is 0. The lowest BCUT2D eigenvalue weighted by Crippen LogP contribution is -2.34. The van der Waals surface area contributed by atoms with E-state index in [0.29, 0.717) is 18.3 Å². The van der Waals surface area contributed by atoms with Crippen LogP contribution in [0.4, 0.5) is 0 Å². The first-order chi connectivity index (χ1) is 10.2. The van der Waals surface area contributed by atoms with Gasteiger partial charge in [-0.25, -0.2) is 0 Å². The van der Waals surface area contributed by atoms with E-state index in [1.165, 1.54) is 6.42 Å². The number of nitrogens with zero attached hydrogens (tertiary/aromatic N) is 1. The van der Waals surface area contributed by atoms with Crippen LogP contribution in [0.3, 0.4) is 0 Å². The molecule has 3 rings (SSSR count). The van der Waals surface area contributed by atoms with Crippen molar-refractivity contribution in [3.05, 3.63) is 48.6 Å². The fourth-order valence-corrected chi connectivity index (χ4v) is 3.87. The molecule has 2 aliphatic rings. The SMILES string of the molecule is C=CC(CC(=O)N1CC2CCC(N)C2C1)c1ccccc1. The molecule has 112 valence electrons. The number of carbonyl (C=O) groups excluding carboxylic acids is 1. The molecule has 0 aromatic heterocycles. The van der Waals surface area contributed by atoms with E-state index in [1.54, 1.807) is 0 Å². The van der Waals surface area contributed by atoms with Crippen LogP contribution in [0, 0.1) is 11.8 Å². The van der Waals surface area contributed by atoms with E-state index < -0.39 is 0 Å². The van der Waals surface area contributed by atoms with Gasteiger partial charge in [-0.05, 0) is 30.2 Å². The topological polar surface area (TPSA) is 46.3 Å². The Morgan fingerprint density at radius 2 is 2.10 bits per heavy atom. The molecule has 0 spiro atoms. The molecular formula is C18H24N2O. The highest BCUT2D eigenvalue weighted by Crippen LogP contribution is 2.37. The average Bonchev–Trinajstić information content (AvgIpc) is 3.08. The molecule has 0 radical (unpaired) electrons. The molecule has 3 heteroatoms. The van der Waals surface area contributed by atoms with Crippen molar-refractivity contribution in [1.82, 2.24) is 4.90 Å². The van der Waals surface area contributed by atoms with Gasteiger partial charge in [-0.3, -0.25) is 4.79 Å². The van der Waals surface area contributed by atoms with Gasteiger partial charge < -0.3 is 10.6 Å². The minimum Gasteiger partial charge on any atom is -0.342 e. The molecule has 4 atom stereocenters. The summed E-state index contributed by atoms with van der Waals surface area (Å²) in [5.74, 6) is 1.49. The molecule has 3 nitrogen and oxygen atoms in total. The number of rotatable bonds is 4. The van der Waals surface area contributed by atoms with Gasteiger partial charge in [0.2, 0.25) is 5.91 Å². The zero-order chi connectivity index (χ0) is 14.8. The number of nitrogens with two attached hydrogens (primary N) is 1. The van der Waals surface area contributed by atoms with Crippen LogP contribution >= 0.6 is 0 Å². The molecule has 2 fully saturated rings. The standard InChI is InChI=1S/C18H24N2O/c1-2-13(14-6-4-3-5-7-14)10-18(21)20-11-15-8-9-17(19)16(15)12-20/h2-7,13,15-17H,1,8-12,19H2. The van der Waals surface area contributed by atoms with Gasteiger partial charge in [-0.2, -0.15) is 0 Å². The van der Waals surface area contributed by atoms with Crippen molar-refractivity contribution in [2.75, 3.05) is 13.1 Å². The number of amides is 1. The molecule has 1 amide bonds. The molecule has 1 saturated heterocycles. The predicted molar refractivity (Wildman–Crippen MR) is 84.8 cm³/mol. The lowest BCUT2D eigenvalue weighted by molar-refractivity contribution is -0.130. The number of fused-ring (bicyclic) bond motifs is 1. The maximum atomic E-state index is 12.6. The van der Waals surface area contributed by atoms with Crippen LogP contribution in [0.2, 0.25) is 0 Å². The largest absolute Gasteiger partial charge is 0.342 e. The molecule has 1 saturated carbocycles. The van der Waals surface area contributed by atoms with E-state index in [2.05, 4.69) is 18.7 Å². The van der Waals surface area contributed by atoms with Crippen LogP contribution in [-0.4, -0.2) is 29.9 Å². The first-order valence-corrected chi connectivity index (χ1v) is 7.90. The minimum atomic E-state index is 0.104. The predicted octanol–water partition coefficient (Wildman–Crippen LogP) is 2.54. The highest BCUT2D eigenvalue weighted by Gasteiger charge is 2.42. The Balaban J connectivity index is 1.63. The average molecular weight is 284 g/mol. The second kappa shape index (κ2) is 6.02. The van der Waals surface area contributed by atoms with Crippen molar-refractivity contribution in [2.24, 2.45) is 17.6 Å². The molecule has 1 aliphatic carbocycles. The summed E-state index contributed by atoms with van der Waals surface area (Å²) < 4.78 is 0. The summed E-state index contributed by atoms with van der Waals surface area (Å²) in [7, 11) is 0. The highest BCUT2D eigenvalue weighted by atomic mass is 16.2. The van der Waals surface area contributed by atoms with Gasteiger partial charge in [-0.1, -0.05) is 36.4 Å². The van der Waals surface area contributed by atoms with Gasteiger partial charge in [0.15, 0.2) is 0 Å². The molecule has 4 unspecified atom stereocenters. The van der Waals surface area contributed by atoms with Crippen molar-refractivity contribution >= 4 is 5.91 Å². The van der Waals surface area contributed by atoms with Crippen molar-refractivity contribution < 1.29 is 4.79 Å². The third kappa shape index (κ3) is 2.88. The Hall–Kier alpha value is -1.61. The first-order valence-electron chi connectivity index (χ1n) is 7.90. The minimum absolute atomic E-state index is 0.104. The van der Waals surface area contributed by atoms with Gasteiger partial charge in [0.25, 0.3) is 0 Å². The van der Waals surface area contributed by atoms with Gasteiger partial charge in [0.1, 0.15) is 0 Å². The van der Waals surface area contributed by atoms with E-state index in [0.717, 1.165) is 25.1 Å². The van der Waals surface area contributed by atoms with Gasteiger partial charge in [0.05, 0.1) is 0 Å². The van der Waals surface area contributed by atoms with Crippen LogP contribution in [0.5, 0.6) is 0 Å². The van der Waals surface area contributed by atoms with Crippen molar-refractivity contribution in [3.63, 3.8) is 0 Å². The summed E-state index contributed by atoms with van der Waals surface area (Å²) in [5.41, 5.74) is 7.31. The van der Waals surface area contributed by atoms with Crippen LogP contribution in [0.15, 0.2) is 43.0 Å². The molecule has 0 bridgehead atoms. The number of allylic oxidation sites excluding steroid dienone is 1. The van der Waals surface area contributed by atoms with Crippen LogP contribution in [0.25, 0.3) is 0 Å². The lowest BCUT2D eigenvalue weighted by atomic mass is 9.95. The zero-order valence-electron chi connectivity index (χ0n) is 12.4. The third-order valence-electron chi connectivity index (χ3n) is 5.17. The molecule has 1 aromatic rings. The van der Waals surface area contributed by atoms with E-state index in [-0.39, 0.29) is 17.9 Å². The summed E-state index contributed by atoms with van der Waals surface area (Å²) in [6.07, 6.45) is 4.70. The monoisotopic (exact) mass is 284 g/mol. The molecule has 1 aliphatic heterocycles. The Morgan fingerprint density at radius 1 is 1.33 bits per heavy atom. The van der Waals surface area contributed by atoms with Crippen LogP contribution in [-0.2, 0) is 4.79 Å². The Labute approximate surface area is 126 Å². The highest BCUT2D eigenvalue weighted by molar-refractivity contribution is 5.78. The van der Waals surface area contributed by atoms with Crippen molar-refractivity contribution in [2.45, 2.75) is 31.2 Å². The lowest BCUT2D eigenvalue weighted by Gasteiger charge is -2.21.